The molecule has 2 N–H and O–H groups in total. The average Bonchev–Trinajstić information content (AvgIpc) is 2.61. The third-order valence-corrected chi connectivity index (χ3v) is 3.32. The van der Waals surface area contributed by atoms with Gasteiger partial charge in [-0.1, -0.05) is 12.1 Å². The van der Waals surface area contributed by atoms with Gasteiger partial charge in [0, 0.05) is 10.6 Å². The second-order valence-electron chi connectivity index (χ2n) is 4.04. The van der Waals surface area contributed by atoms with Crippen molar-refractivity contribution in [3.63, 3.8) is 0 Å². The van der Waals surface area contributed by atoms with Crippen LogP contribution >= 0.6 is 11.8 Å². The summed E-state index contributed by atoms with van der Waals surface area (Å²) in [5.74, 6) is 0.395. The Morgan fingerprint density at radius 3 is 2.37 bits per heavy atom. The first-order chi connectivity index (χ1) is 8.85. The molecular weight excluding hydrogens is 275 g/mol. The number of thioether (sulfide) groups is 1. The molecule has 0 fully saturated rings. The van der Waals surface area contributed by atoms with E-state index in [9.17, 15) is 13.2 Å². The molecule has 0 unspecified atom stereocenters. The van der Waals surface area contributed by atoms with Gasteiger partial charge in [-0.3, -0.25) is 0 Å². The Kier molecular flexibility index (Phi) is 3.75. The minimum absolute atomic E-state index is 0.120. The van der Waals surface area contributed by atoms with Gasteiger partial charge in [0.05, 0.1) is 12.7 Å². The molecule has 2 aromatic rings. The topological polar surface area (TPSA) is 43.8 Å². The Hall–Kier alpha value is -1.63. The Labute approximate surface area is 112 Å². The third-order valence-electron chi connectivity index (χ3n) is 2.58. The molecular formula is C12H12F3N3S. The molecule has 2 rings (SSSR count). The van der Waals surface area contributed by atoms with Gasteiger partial charge in [-0.25, -0.2) is 4.98 Å². The van der Waals surface area contributed by atoms with Gasteiger partial charge < -0.3 is 10.3 Å². The van der Waals surface area contributed by atoms with Crippen molar-refractivity contribution in [1.29, 1.82) is 0 Å². The molecule has 3 nitrogen and oxygen atoms in total. The Bertz CT molecular complexity index is 541. The van der Waals surface area contributed by atoms with Crippen LogP contribution < -0.4 is 5.73 Å². The van der Waals surface area contributed by atoms with Crippen LogP contribution in [0.15, 0.2) is 35.4 Å². The number of aromatic nitrogens is 2. The van der Waals surface area contributed by atoms with Crippen LogP contribution in [-0.4, -0.2) is 15.1 Å². The van der Waals surface area contributed by atoms with Crippen molar-refractivity contribution in [2.24, 2.45) is 0 Å². The van der Waals surface area contributed by atoms with Crippen LogP contribution in [0.4, 0.5) is 19.1 Å². The first-order valence-corrected chi connectivity index (χ1v) is 6.29. The zero-order chi connectivity index (χ0) is 14.0. The van der Waals surface area contributed by atoms with Crippen molar-refractivity contribution in [3.8, 4) is 0 Å². The quantitative estimate of drug-likeness (QED) is 0.879. The summed E-state index contributed by atoms with van der Waals surface area (Å²) in [6.07, 6.45) is 1.66. The van der Waals surface area contributed by atoms with Gasteiger partial charge in [-0.15, -0.1) is 0 Å². The monoisotopic (exact) mass is 287 g/mol. The van der Waals surface area contributed by atoms with Crippen molar-refractivity contribution in [2.75, 3.05) is 5.73 Å². The van der Waals surface area contributed by atoms with Crippen molar-refractivity contribution in [3.05, 3.63) is 41.7 Å². The largest absolute Gasteiger partial charge is 0.446 e. The first kappa shape index (κ1) is 13.8. The average molecular weight is 287 g/mol. The molecule has 19 heavy (non-hydrogen) atoms. The SMILES string of the molecule is Cc1cnc(N)n1Cc1ccc(SC(F)(F)F)cc1. The maximum atomic E-state index is 12.2. The highest BCUT2D eigenvalue weighted by Crippen LogP contribution is 2.36. The predicted octanol–water partition coefficient (Wildman–Crippen LogP) is 3.43. The highest BCUT2D eigenvalue weighted by Gasteiger charge is 2.28. The number of alkyl halides is 3. The summed E-state index contributed by atoms with van der Waals surface area (Å²) < 4.78 is 38.4. The van der Waals surface area contributed by atoms with Crippen LogP contribution in [-0.2, 0) is 6.54 Å². The van der Waals surface area contributed by atoms with Crippen molar-refractivity contribution >= 4 is 17.7 Å². The predicted molar refractivity (Wildman–Crippen MR) is 68.8 cm³/mol. The third kappa shape index (κ3) is 3.66. The van der Waals surface area contributed by atoms with Crippen LogP contribution in [0.2, 0.25) is 0 Å². The number of nitrogens with zero attached hydrogens (tertiary/aromatic N) is 2. The van der Waals surface area contributed by atoms with Crippen molar-refractivity contribution in [1.82, 2.24) is 9.55 Å². The minimum Gasteiger partial charge on any atom is -0.369 e. The summed E-state index contributed by atoms with van der Waals surface area (Å²) in [6, 6.07) is 6.23. The lowest BCUT2D eigenvalue weighted by Crippen LogP contribution is -2.06. The fraction of sp³-hybridized carbons (Fsp3) is 0.250. The number of aryl methyl sites for hydroxylation is 1. The zero-order valence-corrected chi connectivity index (χ0v) is 10.9. The molecule has 0 atom stereocenters. The Morgan fingerprint density at radius 2 is 1.89 bits per heavy atom. The fourth-order valence-corrected chi connectivity index (χ4v) is 2.20. The second-order valence-corrected chi connectivity index (χ2v) is 5.17. The molecule has 0 aliphatic heterocycles. The number of halogens is 3. The molecule has 0 spiro atoms. The van der Waals surface area contributed by atoms with Gasteiger partial charge in [-0.2, -0.15) is 13.2 Å². The maximum absolute atomic E-state index is 12.2. The summed E-state index contributed by atoms with van der Waals surface area (Å²) in [5, 5.41) is 0. The first-order valence-electron chi connectivity index (χ1n) is 5.47. The van der Waals surface area contributed by atoms with Crippen molar-refractivity contribution < 1.29 is 13.2 Å². The van der Waals surface area contributed by atoms with E-state index >= 15 is 0 Å². The molecule has 0 bridgehead atoms. The van der Waals surface area contributed by atoms with Crippen LogP contribution in [0.1, 0.15) is 11.3 Å². The van der Waals surface area contributed by atoms with Crippen LogP contribution in [0.25, 0.3) is 0 Å². The van der Waals surface area contributed by atoms with Gasteiger partial charge in [0.1, 0.15) is 0 Å². The maximum Gasteiger partial charge on any atom is 0.446 e. The Morgan fingerprint density at radius 1 is 1.26 bits per heavy atom. The number of rotatable bonds is 3. The molecule has 0 aliphatic carbocycles. The number of imidazole rings is 1. The van der Waals surface area contributed by atoms with E-state index in [0.29, 0.717) is 12.5 Å². The highest BCUT2D eigenvalue weighted by molar-refractivity contribution is 8.00. The van der Waals surface area contributed by atoms with Gasteiger partial charge in [0.15, 0.2) is 0 Å². The molecule has 0 amide bonds. The molecule has 1 aromatic heterocycles. The van der Waals surface area contributed by atoms with Gasteiger partial charge >= 0.3 is 5.51 Å². The number of hydrogen-bond acceptors (Lipinski definition) is 3. The van der Waals surface area contributed by atoms with Gasteiger partial charge in [-0.05, 0) is 36.4 Å². The molecule has 0 aliphatic rings. The second kappa shape index (κ2) is 5.16. The lowest BCUT2D eigenvalue weighted by Gasteiger charge is -2.09. The molecule has 0 radical (unpaired) electrons. The van der Waals surface area contributed by atoms with E-state index in [2.05, 4.69) is 4.98 Å². The van der Waals surface area contributed by atoms with Crippen LogP contribution in [0.5, 0.6) is 0 Å². The molecule has 1 heterocycles. The molecule has 0 saturated carbocycles. The number of hydrogen-bond donors (Lipinski definition) is 1. The number of nitrogen functional groups attached to an aromatic ring is 1. The van der Waals surface area contributed by atoms with E-state index in [1.165, 1.54) is 12.1 Å². The highest BCUT2D eigenvalue weighted by atomic mass is 32.2. The van der Waals surface area contributed by atoms with Gasteiger partial charge in [0.25, 0.3) is 0 Å². The van der Waals surface area contributed by atoms with Crippen molar-refractivity contribution in [2.45, 2.75) is 23.9 Å². The lowest BCUT2D eigenvalue weighted by molar-refractivity contribution is -0.0328. The summed E-state index contributed by atoms with van der Waals surface area (Å²) in [5.41, 5.74) is 3.23. The number of anilines is 1. The van der Waals surface area contributed by atoms with Gasteiger partial charge in [0.2, 0.25) is 5.95 Å². The summed E-state index contributed by atoms with van der Waals surface area (Å²) in [6.45, 7) is 2.37. The fourth-order valence-electron chi connectivity index (χ4n) is 1.66. The molecule has 0 saturated heterocycles. The standard InChI is InChI=1S/C12H12F3N3S/c1-8-6-17-11(16)18(8)7-9-2-4-10(5-3-9)19-12(13,14)15/h2-6H,7H2,1H3,(H2,16,17). The normalized spacial score (nSPS) is 11.8. The van der Waals surface area contributed by atoms with Crippen LogP contribution in [0, 0.1) is 6.92 Å². The minimum atomic E-state index is -4.26. The van der Waals surface area contributed by atoms with E-state index in [1.807, 2.05) is 6.92 Å². The zero-order valence-electron chi connectivity index (χ0n) is 10.1. The van der Waals surface area contributed by atoms with Crippen LogP contribution in [0.3, 0.4) is 0 Å². The van der Waals surface area contributed by atoms with E-state index in [0.717, 1.165) is 11.3 Å². The summed E-state index contributed by atoms with van der Waals surface area (Å²) >= 11 is -0.120. The number of nitrogens with two attached hydrogens (primary N) is 1. The Balaban J connectivity index is 2.11. The van der Waals surface area contributed by atoms with E-state index in [1.54, 1.807) is 22.9 Å². The van der Waals surface area contributed by atoms with E-state index in [-0.39, 0.29) is 16.7 Å². The van der Waals surface area contributed by atoms with E-state index in [4.69, 9.17) is 5.73 Å². The molecule has 102 valence electrons. The summed E-state index contributed by atoms with van der Waals surface area (Å²) in [4.78, 5) is 4.14. The lowest BCUT2D eigenvalue weighted by atomic mass is 10.2. The molecule has 1 aromatic carbocycles. The smallest absolute Gasteiger partial charge is 0.369 e. The van der Waals surface area contributed by atoms with E-state index < -0.39 is 5.51 Å². The number of benzene rings is 1. The molecule has 7 heteroatoms. The summed E-state index contributed by atoms with van der Waals surface area (Å²) in [7, 11) is 0.